The minimum atomic E-state index is 0.157. The fourth-order valence-corrected chi connectivity index (χ4v) is 3.05. The van der Waals surface area contributed by atoms with Crippen LogP contribution in [-0.4, -0.2) is 14.8 Å². The molecule has 0 aromatic carbocycles. The molecule has 3 heterocycles. The monoisotopic (exact) mass is 288 g/mol. The quantitative estimate of drug-likeness (QED) is 0.937. The van der Waals surface area contributed by atoms with Gasteiger partial charge in [0.25, 0.3) is 0 Å². The zero-order valence-electron chi connectivity index (χ0n) is 13.1. The van der Waals surface area contributed by atoms with Gasteiger partial charge in [-0.2, -0.15) is 0 Å². The third kappa shape index (κ3) is 3.02. The highest BCUT2D eigenvalue weighted by Crippen LogP contribution is 2.22. The molecule has 0 spiro atoms. The van der Waals surface area contributed by atoms with Crippen molar-refractivity contribution in [2.24, 2.45) is 0 Å². The molecule has 2 atom stereocenters. The molecular weight excluding hydrogens is 264 g/mol. The maximum atomic E-state index is 5.69. The summed E-state index contributed by atoms with van der Waals surface area (Å²) >= 11 is 0. The van der Waals surface area contributed by atoms with Crippen molar-refractivity contribution in [2.75, 3.05) is 0 Å². The van der Waals surface area contributed by atoms with Crippen molar-refractivity contribution < 1.29 is 4.42 Å². The summed E-state index contributed by atoms with van der Waals surface area (Å²) in [4.78, 5) is 0. The predicted octanol–water partition coefficient (Wildman–Crippen LogP) is 3.32. The average molecular weight is 288 g/mol. The molecule has 1 N–H and O–H groups in total. The van der Waals surface area contributed by atoms with E-state index in [2.05, 4.69) is 33.9 Å². The third-order valence-electron chi connectivity index (χ3n) is 4.21. The van der Waals surface area contributed by atoms with E-state index in [4.69, 9.17) is 4.42 Å². The minimum absolute atomic E-state index is 0.157. The molecule has 0 saturated heterocycles. The van der Waals surface area contributed by atoms with Gasteiger partial charge in [0, 0.05) is 13.0 Å². The molecule has 2 aromatic heterocycles. The van der Waals surface area contributed by atoms with Gasteiger partial charge in [0.1, 0.15) is 23.2 Å². The second kappa shape index (κ2) is 6.02. The van der Waals surface area contributed by atoms with Crippen LogP contribution in [0.15, 0.2) is 16.5 Å². The summed E-state index contributed by atoms with van der Waals surface area (Å²) in [5.74, 6) is 4.09. The Morgan fingerprint density at radius 3 is 2.76 bits per heavy atom. The van der Waals surface area contributed by atoms with Gasteiger partial charge in [-0.05, 0) is 45.7 Å². The molecule has 0 fully saturated rings. The number of fused-ring (bicyclic) bond motifs is 1. The maximum Gasteiger partial charge on any atom is 0.149 e. The second-order valence-electron chi connectivity index (χ2n) is 6.00. The van der Waals surface area contributed by atoms with Crippen LogP contribution >= 0.6 is 0 Å². The molecule has 0 radical (unpaired) electrons. The van der Waals surface area contributed by atoms with E-state index in [1.54, 1.807) is 0 Å². The summed E-state index contributed by atoms with van der Waals surface area (Å²) in [6.45, 7) is 7.28. The SMILES string of the molecule is Cc1ccc(C(C)NC(C)c2nnc3n2CCCCC3)o1. The Hall–Kier alpha value is -1.62. The second-order valence-corrected chi connectivity index (χ2v) is 6.00. The Balaban J connectivity index is 1.73. The van der Waals surface area contributed by atoms with E-state index in [1.807, 2.05) is 19.1 Å². The Morgan fingerprint density at radius 1 is 1.14 bits per heavy atom. The molecule has 21 heavy (non-hydrogen) atoms. The molecule has 114 valence electrons. The maximum absolute atomic E-state index is 5.69. The highest BCUT2D eigenvalue weighted by molar-refractivity contribution is 5.10. The van der Waals surface area contributed by atoms with E-state index >= 15 is 0 Å². The van der Waals surface area contributed by atoms with Gasteiger partial charge in [0.15, 0.2) is 0 Å². The van der Waals surface area contributed by atoms with Gasteiger partial charge in [-0.3, -0.25) is 5.32 Å². The van der Waals surface area contributed by atoms with Gasteiger partial charge in [-0.1, -0.05) is 6.42 Å². The lowest BCUT2D eigenvalue weighted by Gasteiger charge is -2.19. The molecule has 0 aliphatic carbocycles. The van der Waals surface area contributed by atoms with Crippen LogP contribution in [0.2, 0.25) is 0 Å². The third-order valence-corrected chi connectivity index (χ3v) is 4.21. The van der Waals surface area contributed by atoms with Crippen molar-refractivity contribution in [3.05, 3.63) is 35.3 Å². The molecular formula is C16H24N4O. The van der Waals surface area contributed by atoms with Crippen molar-refractivity contribution in [3.63, 3.8) is 0 Å². The van der Waals surface area contributed by atoms with E-state index in [1.165, 1.54) is 19.3 Å². The van der Waals surface area contributed by atoms with E-state index in [-0.39, 0.29) is 12.1 Å². The number of aromatic nitrogens is 3. The van der Waals surface area contributed by atoms with E-state index in [0.29, 0.717) is 0 Å². The van der Waals surface area contributed by atoms with Crippen LogP contribution in [0.1, 0.15) is 68.4 Å². The van der Waals surface area contributed by atoms with Crippen LogP contribution in [0.5, 0.6) is 0 Å². The number of hydrogen-bond acceptors (Lipinski definition) is 4. The van der Waals surface area contributed by atoms with Crippen molar-refractivity contribution >= 4 is 0 Å². The van der Waals surface area contributed by atoms with Crippen molar-refractivity contribution in [1.29, 1.82) is 0 Å². The van der Waals surface area contributed by atoms with Crippen molar-refractivity contribution in [2.45, 2.75) is 65.1 Å². The number of aryl methyl sites for hydroxylation is 2. The Morgan fingerprint density at radius 2 is 2.00 bits per heavy atom. The summed E-state index contributed by atoms with van der Waals surface area (Å²) in [5, 5.41) is 12.3. The van der Waals surface area contributed by atoms with Crippen LogP contribution in [0.4, 0.5) is 0 Å². The molecule has 0 saturated carbocycles. The first-order valence-electron chi connectivity index (χ1n) is 7.89. The zero-order chi connectivity index (χ0) is 14.8. The van der Waals surface area contributed by atoms with Crippen molar-refractivity contribution in [3.8, 4) is 0 Å². The van der Waals surface area contributed by atoms with E-state index < -0.39 is 0 Å². The van der Waals surface area contributed by atoms with E-state index in [0.717, 1.165) is 36.1 Å². The van der Waals surface area contributed by atoms with Crippen LogP contribution < -0.4 is 5.32 Å². The van der Waals surface area contributed by atoms with Gasteiger partial charge in [-0.25, -0.2) is 0 Å². The predicted molar refractivity (Wildman–Crippen MR) is 81.0 cm³/mol. The first-order valence-corrected chi connectivity index (χ1v) is 7.89. The first kappa shape index (κ1) is 14.3. The standard InChI is InChI=1S/C16H24N4O/c1-11-8-9-14(21-11)12(2)17-13(3)16-19-18-15-7-5-4-6-10-20(15)16/h8-9,12-13,17H,4-7,10H2,1-3H3. The van der Waals surface area contributed by atoms with Crippen LogP contribution in [0, 0.1) is 6.92 Å². The summed E-state index contributed by atoms with van der Waals surface area (Å²) in [6, 6.07) is 4.35. The number of rotatable bonds is 4. The van der Waals surface area contributed by atoms with Crippen LogP contribution in [-0.2, 0) is 13.0 Å². The molecule has 0 bridgehead atoms. The van der Waals surface area contributed by atoms with Crippen LogP contribution in [0.25, 0.3) is 0 Å². The molecule has 5 heteroatoms. The number of hydrogen-bond donors (Lipinski definition) is 1. The normalized spacial score (nSPS) is 18.0. The average Bonchev–Trinajstić information content (AvgIpc) is 2.99. The first-order chi connectivity index (χ1) is 10.1. The molecule has 0 amide bonds. The highest BCUT2D eigenvalue weighted by Gasteiger charge is 2.21. The molecule has 1 aliphatic heterocycles. The molecule has 5 nitrogen and oxygen atoms in total. The van der Waals surface area contributed by atoms with Gasteiger partial charge in [0.05, 0.1) is 12.1 Å². The minimum Gasteiger partial charge on any atom is -0.465 e. The van der Waals surface area contributed by atoms with Crippen LogP contribution in [0.3, 0.4) is 0 Å². The summed E-state index contributed by atoms with van der Waals surface area (Å²) in [7, 11) is 0. The summed E-state index contributed by atoms with van der Waals surface area (Å²) in [6.07, 6.45) is 4.78. The topological polar surface area (TPSA) is 55.9 Å². The van der Waals surface area contributed by atoms with Gasteiger partial charge in [-0.15, -0.1) is 10.2 Å². The smallest absolute Gasteiger partial charge is 0.149 e. The van der Waals surface area contributed by atoms with Gasteiger partial charge in [0.2, 0.25) is 0 Å². The summed E-state index contributed by atoms with van der Waals surface area (Å²) in [5.41, 5.74) is 0. The molecule has 3 rings (SSSR count). The van der Waals surface area contributed by atoms with Gasteiger partial charge < -0.3 is 8.98 Å². The van der Waals surface area contributed by atoms with E-state index in [9.17, 15) is 0 Å². The highest BCUT2D eigenvalue weighted by atomic mass is 16.3. The lowest BCUT2D eigenvalue weighted by atomic mass is 10.2. The number of nitrogens with zero attached hydrogens (tertiary/aromatic N) is 3. The van der Waals surface area contributed by atoms with Gasteiger partial charge >= 0.3 is 0 Å². The fourth-order valence-electron chi connectivity index (χ4n) is 3.05. The largest absolute Gasteiger partial charge is 0.465 e. The summed E-state index contributed by atoms with van der Waals surface area (Å²) < 4.78 is 7.99. The lowest BCUT2D eigenvalue weighted by Crippen LogP contribution is -2.25. The molecule has 2 unspecified atom stereocenters. The Bertz CT molecular complexity index is 601. The van der Waals surface area contributed by atoms with Crippen molar-refractivity contribution in [1.82, 2.24) is 20.1 Å². The zero-order valence-corrected chi connectivity index (χ0v) is 13.1. The number of furan rings is 1. The number of nitrogens with one attached hydrogen (secondary N) is 1. The Labute approximate surface area is 125 Å². The molecule has 1 aliphatic rings. The Kier molecular flexibility index (Phi) is 4.10. The lowest BCUT2D eigenvalue weighted by molar-refractivity contribution is 0.380. The fraction of sp³-hybridized carbons (Fsp3) is 0.625. The molecule has 2 aromatic rings.